The van der Waals surface area contributed by atoms with Crippen LogP contribution in [0.2, 0.25) is 0 Å². The zero-order valence-electron chi connectivity index (χ0n) is 14.2. The van der Waals surface area contributed by atoms with Gasteiger partial charge in [0.1, 0.15) is 5.75 Å². The first-order valence-corrected chi connectivity index (χ1v) is 8.74. The largest absolute Gasteiger partial charge is 0.494 e. The molecule has 2 aliphatic rings. The van der Waals surface area contributed by atoms with E-state index in [-0.39, 0.29) is 5.91 Å². The summed E-state index contributed by atoms with van der Waals surface area (Å²) < 4.78 is 17.5. The number of nitrogens with one attached hydrogen (secondary N) is 1. The second kappa shape index (κ2) is 6.31. The molecule has 5 nitrogen and oxygen atoms in total. The van der Waals surface area contributed by atoms with E-state index < -0.39 is 5.79 Å². The maximum absolute atomic E-state index is 12.5. The van der Waals surface area contributed by atoms with Crippen LogP contribution in [0, 0.1) is 0 Å². The van der Waals surface area contributed by atoms with Gasteiger partial charge in [-0.1, -0.05) is 6.07 Å². The van der Waals surface area contributed by atoms with Crippen LogP contribution in [0.3, 0.4) is 0 Å². The Labute approximate surface area is 146 Å². The van der Waals surface area contributed by atoms with E-state index >= 15 is 0 Å². The topological polar surface area (TPSA) is 56.8 Å². The molecule has 1 aliphatic carbocycles. The molecule has 1 heterocycles. The van der Waals surface area contributed by atoms with Gasteiger partial charge < -0.3 is 19.5 Å². The monoisotopic (exact) mass is 339 g/mol. The molecule has 0 unspecified atom stereocenters. The van der Waals surface area contributed by atoms with E-state index in [4.69, 9.17) is 14.2 Å². The van der Waals surface area contributed by atoms with Crippen LogP contribution in [0.5, 0.6) is 17.2 Å². The first-order valence-electron chi connectivity index (χ1n) is 8.74. The molecular formula is C20H21NO4. The van der Waals surface area contributed by atoms with Crippen LogP contribution in [0.4, 0.5) is 5.69 Å². The number of amides is 1. The lowest BCUT2D eigenvalue weighted by Crippen LogP contribution is -2.34. The lowest BCUT2D eigenvalue weighted by Gasteiger charge is -2.21. The first-order chi connectivity index (χ1) is 12.2. The summed E-state index contributed by atoms with van der Waals surface area (Å²) in [6.07, 6.45) is 4.06. The van der Waals surface area contributed by atoms with Crippen LogP contribution >= 0.6 is 0 Å². The molecule has 0 saturated heterocycles. The van der Waals surface area contributed by atoms with Crippen molar-refractivity contribution in [3.63, 3.8) is 0 Å². The number of fused-ring (bicyclic) bond motifs is 1. The van der Waals surface area contributed by atoms with Crippen LogP contribution < -0.4 is 19.5 Å². The highest BCUT2D eigenvalue weighted by molar-refractivity contribution is 6.04. The predicted octanol–water partition coefficient (Wildman–Crippen LogP) is 4.38. The van der Waals surface area contributed by atoms with Crippen LogP contribution in [0.15, 0.2) is 42.5 Å². The molecular weight excluding hydrogens is 318 g/mol. The molecule has 0 radical (unpaired) electrons. The van der Waals surface area contributed by atoms with Gasteiger partial charge in [-0.25, -0.2) is 0 Å². The van der Waals surface area contributed by atoms with Crippen molar-refractivity contribution >= 4 is 11.6 Å². The van der Waals surface area contributed by atoms with E-state index in [9.17, 15) is 4.79 Å². The summed E-state index contributed by atoms with van der Waals surface area (Å²) in [6, 6.07) is 12.7. The number of rotatable bonds is 4. The predicted molar refractivity (Wildman–Crippen MR) is 94.5 cm³/mol. The maximum atomic E-state index is 12.5. The molecule has 25 heavy (non-hydrogen) atoms. The van der Waals surface area contributed by atoms with Crippen LogP contribution in [0.25, 0.3) is 0 Å². The highest BCUT2D eigenvalue weighted by Gasteiger charge is 2.44. The summed E-state index contributed by atoms with van der Waals surface area (Å²) in [5.41, 5.74) is 1.24. The van der Waals surface area contributed by atoms with Gasteiger partial charge >= 0.3 is 0 Å². The molecule has 0 bridgehead atoms. The zero-order chi connectivity index (χ0) is 17.3. The molecule has 4 rings (SSSR count). The van der Waals surface area contributed by atoms with Gasteiger partial charge in [0, 0.05) is 30.2 Å². The van der Waals surface area contributed by atoms with Crippen molar-refractivity contribution in [2.45, 2.75) is 38.4 Å². The summed E-state index contributed by atoms with van der Waals surface area (Å²) in [4.78, 5) is 12.5. The van der Waals surface area contributed by atoms with E-state index in [1.54, 1.807) is 12.1 Å². The lowest BCUT2D eigenvalue weighted by molar-refractivity contribution is -0.0716. The fourth-order valence-corrected chi connectivity index (χ4v) is 3.39. The van der Waals surface area contributed by atoms with Gasteiger partial charge in [0.15, 0.2) is 11.5 Å². The van der Waals surface area contributed by atoms with Crippen molar-refractivity contribution in [2.24, 2.45) is 0 Å². The molecule has 5 heteroatoms. The molecule has 1 spiro atoms. The second-order valence-electron chi connectivity index (χ2n) is 6.40. The van der Waals surface area contributed by atoms with E-state index in [2.05, 4.69) is 5.32 Å². The summed E-state index contributed by atoms with van der Waals surface area (Å²) in [7, 11) is 0. The molecule has 130 valence electrons. The standard InChI is InChI=1S/C20H21NO4/c1-2-23-16-7-5-6-14(12-16)19(22)21-15-8-9-17-18(13-15)25-20(24-17)10-3-4-11-20/h5-9,12-13H,2-4,10-11H2,1H3,(H,21,22). The Balaban J connectivity index is 1.49. The molecule has 2 aromatic carbocycles. The Kier molecular flexibility index (Phi) is 3.99. The van der Waals surface area contributed by atoms with E-state index in [1.165, 1.54) is 0 Å². The third kappa shape index (κ3) is 3.14. The average molecular weight is 339 g/mol. The quantitative estimate of drug-likeness (QED) is 0.898. The Morgan fingerprint density at radius 1 is 1.12 bits per heavy atom. The van der Waals surface area contributed by atoms with Crippen LogP contribution in [-0.4, -0.2) is 18.3 Å². The van der Waals surface area contributed by atoms with Gasteiger partial charge in [0.2, 0.25) is 0 Å². The summed E-state index contributed by atoms with van der Waals surface area (Å²) in [5.74, 6) is 1.46. The molecule has 2 aromatic rings. The van der Waals surface area contributed by atoms with Gasteiger partial charge in [0.05, 0.1) is 6.61 Å². The number of benzene rings is 2. The molecule has 1 fully saturated rings. The average Bonchev–Trinajstić information content (AvgIpc) is 3.21. The van der Waals surface area contributed by atoms with E-state index in [0.29, 0.717) is 29.4 Å². The van der Waals surface area contributed by atoms with Crippen molar-refractivity contribution < 1.29 is 19.0 Å². The minimum Gasteiger partial charge on any atom is -0.494 e. The van der Waals surface area contributed by atoms with Crippen molar-refractivity contribution in [2.75, 3.05) is 11.9 Å². The molecule has 1 amide bonds. The summed E-state index contributed by atoms with van der Waals surface area (Å²) >= 11 is 0. The van der Waals surface area contributed by atoms with Gasteiger partial charge in [-0.05, 0) is 50.1 Å². The van der Waals surface area contributed by atoms with E-state index in [0.717, 1.165) is 31.4 Å². The number of carbonyl (C=O) groups excluding carboxylic acids is 1. The van der Waals surface area contributed by atoms with Crippen molar-refractivity contribution in [3.05, 3.63) is 48.0 Å². The lowest BCUT2D eigenvalue weighted by atomic mass is 10.2. The molecule has 0 atom stereocenters. The zero-order valence-corrected chi connectivity index (χ0v) is 14.2. The minimum absolute atomic E-state index is 0.184. The van der Waals surface area contributed by atoms with Crippen molar-refractivity contribution in [1.82, 2.24) is 0 Å². The summed E-state index contributed by atoms with van der Waals surface area (Å²) in [6.45, 7) is 2.48. The number of carbonyl (C=O) groups is 1. The van der Waals surface area contributed by atoms with Crippen molar-refractivity contribution in [1.29, 1.82) is 0 Å². The summed E-state index contributed by atoms with van der Waals surface area (Å²) in [5, 5.41) is 2.91. The Morgan fingerprint density at radius 3 is 2.72 bits per heavy atom. The number of hydrogen-bond acceptors (Lipinski definition) is 4. The molecule has 0 aromatic heterocycles. The molecule has 1 N–H and O–H groups in total. The Morgan fingerprint density at radius 2 is 1.92 bits per heavy atom. The fourth-order valence-electron chi connectivity index (χ4n) is 3.39. The normalized spacial score (nSPS) is 16.8. The third-order valence-electron chi connectivity index (χ3n) is 4.57. The van der Waals surface area contributed by atoms with Crippen molar-refractivity contribution in [3.8, 4) is 17.2 Å². The Bertz CT molecular complexity index is 796. The Hall–Kier alpha value is -2.69. The number of ether oxygens (including phenoxy) is 3. The second-order valence-corrected chi connectivity index (χ2v) is 6.40. The third-order valence-corrected chi connectivity index (χ3v) is 4.57. The fraction of sp³-hybridized carbons (Fsp3) is 0.350. The van der Waals surface area contributed by atoms with Crippen LogP contribution in [-0.2, 0) is 0 Å². The van der Waals surface area contributed by atoms with Crippen LogP contribution in [0.1, 0.15) is 43.0 Å². The highest BCUT2D eigenvalue weighted by Crippen LogP contribution is 2.47. The minimum atomic E-state index is -0.489. The highest BCUT2D eigenvalue weighted by atomic mass is 16.7. The SMILES string of the molecule is CCOc1cccc(C(=O)Nc2ccc3c(c2)OC2(CCCC2)O3)c1. The maximum Gasteiger partial charge on any atom is 0.255 e. The van der Waals surface area contributed by atoms with Gasteiger partial charge in [-0.15, -0.1) is 0 Å². The smallest absolute Gasteiger partial charge is 0.255 e. The number of anilines is 1. The van der Waals surface area contributed by atoms with Gasteiger partial charge in [-0.3, -0.25) is 4.79 Å². The molecule has 1 saturated carbocycles. The number of hydrogen-bond donors (Lipinski definition) is 1. The van der Waals surface area contributed by atoms with Gasteiger partial charge in [0.25, 0.3) is 11.7 Å². The van der Waals surface area contributed by atoms with Gasteiger partial charge in [-0.2, -0.15) is 0 Å². The first kappa shape index (κ1) is 15.8. The van der Waals surface area contributed by atoms with E-state index in [1.807, 2.05) is 37.3 Å². The molecule has 1 aliphatic heterocycles.